The molecule has 7 heteroatoms. The largest absolute Gasteiger partial charge is 0.378 e. The normalized spacial score (nSPS) is 12.0. The summed E-state index contributed by atoms with van der Waals surface area (Å²) in [5.41, 5.74) is 1.15. The van der Waals surface area contributed by atoms with Crippen molar-refractivity contribution >= 4 is 17.5 Å². The third kappa shape index (κ3) is 3.87. The van der Waals surface area contributed by atoms with E-state index in [1.807, 2.05) is 6.07 Å². The van der Waals surface area contributed by atoms with Crippen LogP contribution in [0.1, 0.15) is 17.4 Å². The van der Waals surface area contributed by atoms with Crippen LogP contribution in [0.3, 0.4) is 0 Å². The minimum atomic E-state index is -1.60. The van der Waals surface area contributed by atoms with E-state index >= 15 is 0 Å². The van der Waals surface area contributed by atoms with Crippen molar-refractivity contribution in [1.29, 1.82) is 0 Å². The Hall–Kier alpha value is -2.70. The Morgan fingerprint density at radius 3 is 2.72 bits per heavy atom. The first-order valence-corrected chi connectivity index (χ1v) is 7.85. The van der Waals surface area contributed by atoms with Crippen LogP contribution in [0.5, 0.6) is 0 Å². The Kier molecular flexibility index (Phi) is 5.11. The number of hydrogen-bond acceptors (Lipinski definition) is 4. The van der Waals surface area contributed by atoms with Gasteiger partial charge in [-0.2, -0.15) is 0 Å². The standard InChI is InChI=1S/C18H14ClFN2O3/c19-14-7-3-1-5-12(14)16-9-11(25-22-16)10-21-18(24)17(23)13-6-2-4-8-15(13)20/h1-9,17,23H,10H2,(H,21,24)/t17-/m1/s1. The number of carbonyl (C=O) groups is 1. The zero-order valence-electron chi connectivity index (χ0n) is 12.9. The van der Waals surface area contributed by atoms with Gasteiger partial charge in [-0.1, -0.05) is 53.2 Å². The fourth-order valence-corrected chi connectivity index (χ4v) is 2.53. The van der Waals surface area contributed by atoms with Crippen molar-refractivity contribution in [2.45, 2.75) is 12.6 Å². The molecule has 0 aliphatic rings. The molecule has 5 nitrogen and oxygen atoms in total. The van der Waals surface area contributed by atoms with Gasteiger partial charge >= 0.3 is 0 Å². The number of hydrogen-bond donors (Lipinski definition) is 2. The second kappa shape index (κ2) is 7.46. The van der Waals surface area contributed by atoms with Crippen molar-refractivity contribution < 1.29 is 18.8 Å². The number of aliphatic hydroxyl groups excluding tert-OH is 1. The number of nitrogens with zero attached hydrogens (tertiary/aromatic N) is 1. The van der Waals surface area contributed by atoms with Gasteiger partial charge in [-0.3, -0.25) is 4.79 Å². The lowest BCUT2D eigenvalue weighted by molar-refractivity contribution is -0.130. The molecule has 0 spiro atoms. The number of halogens is 2. The van der Waals surface area contributed by atoms with E-state index < -0.39 is 17.8 Å². The van der Waals surface area contributed by atoms with Gasteiger partial charge in [-0.15, -0.1) is 0 Å². The van der Waals surface area contributed by atoms with Crippen LogP contribution >= 0.6 is 11.6 Å². The second-order valence-electron chi connectivity index (χ2n) is 5.30. The summed E-state index contributed by atoms with van der Waals surface area (Å²) in [6.07, 6.45) is -1.60. The molecular formula is C18H14ClFN2O3. The van der Waals surface area contributed by atoms with Crippen LogP contribution in [0.4, 0.5) is 4.39 Å². The Morgan fingerprint density at radius 1 is 1.24 bits per heavy atom. The molecule has 2 N–H and O–H groups in total. The summed E-state index contributed by atoms with van der Waals surface area (Å²) in [4.78, 5) is 12.0. The first kappa shape index (κ1) is 17.1. The molecule has 0 saturated carbocycles. The van der Waals surface area contributed by atoms with E-state index in [0.717, 1.165) is 0 Å². The summed E-state index contributed by atoms with van der Waals surface area (Å²) in [6.45, 7) is 0.00178. The molecule has 2 aromatic carbocycles. The van der Waals surface area contributed by atoms with Crippen molar-refractivity contribution in [1.82, 2.24) is 10.5 Å². The number of carbonyl (C=O) groups excluding carboxylic acids is 1. The van der Waals surface area contributed by atoms with Crippen molar-refractivity contribution in [2.75, 3.05) is 0 Å². The molecule has 3 aromatic rings. The van der Waals surface area contributed by atoms with Crippen molar-refractivity contribution in [2.24, 2.45) is 0 Å². The average Bonchev–Trinajstić information content (AvgIpc) is 3.08. The Morgan fingerprint density at radius 2 is 1.96 bits per heavy atom. The summed E-state index contributed by atoms with van der Waals surface area (Å²) >= 11 is 6.10. The maximum Gasteiger partial charge on any atom is 0.253 e. The molecular weight excluding hydrogens is 347 g/mol. The summed E-state index contributed by atoms with van der Waals surface area (Å²) in [7, 11) is 0. The first-order valence-electron chi connectivity index (χ1n) is 7.47. The molecule has 1 amide bonds. The van der Waals surface area contributed by atoms with Crippen LogP contribution in [-0.2, 0) is 11.3 Å². The van der Waals surface area contributed by atoms with Gasteiger partial charge in [0, 0.05) is 17.2 Å². The van der Waals surface area contributed by atoms with Crippen LogP contribution < -0.4 is 5.32 Å². The number of amides is 1. The fourth-order valence-electron chi connectivity index (χ4n) is 2.30. The Bertz CT molecular complexity index is 897. The maximum absolute atomic E-state index is 13.6. The monoisotopic (exact) mass is 360 g/mol. The van der Waals surface area contributed by atoms with E-state index in [9.17, 15) is 14.3 Å². The SMILES string of the molecule is O=C(NCc1cc(-c2ccccc2Cl)no1)[C@H](O)c1ccccc1F. The van der Waals surface area contributed by atoms with Crippen LogP contribution in [0.15, 0.2) is 59.1 Å². The smallest absolute Gasteiger partial charge is 0.253 e. The zero-order valence-corrected chi connectivity index (χ0v) is 13.7. The van der Waals surface area contributed by atoms with Gasteiger partial charge in [0.1, 0.15) is 11.5 Å². The van der Waals surface area contributed by atoms with E-state index in [-0.39, 0.29) is 12.1 Å². The highest BCUT2D eigenvalue weighted by Gasteiger charge is 2.20. The molecule has 1 aromatic heterocycles. The van der Waals surface area contributed by atoms with E-state index in [4.69, 9.17) is 16.1 Å². The van der Waals surface area contributed by atoms with E-state index in [1.54, 1.807) is 30.3 Å². The molecule has 0 radical (unpaired) electrons. The van der Waals surface area contributed by atoms with Gasteiger partial charge in [0.25, 0.3) is 5.91 Å². The number of nitrogens with one attached hydrogen (secondary N) is 1. The highest BCUT2D eigenvalue weighted by atomic mass is 35.5. The fraction of sp³-hybridized carbons (Fsp3) is 0.111. The molecule has 1 atom stereocenters. The van der Waals surface area contributed by atoms with Gasteiger partial charge in [-0.05, 0) is 12.1 Å². The molecule has 0 aliphatic carbocycles. The zero-order chi connectivity index (χ0) is 17.8. The summed E-state index contributed by atoms with van der Waals surface area (Å²) in [5, 5.41) is 16.9. The number of aromatic nitrogens is 1. The van der Waals surface area contributed by atoms with Crippen molar-refractivity contribution in [3.63, 3.8) is 0 Å². The minimum Gasteiger partial charge on any atom is -0.378 e. The summed E-state index contributed by atoms with van der Waals surface area (Å²) in [5.74, 6) is -1.00. The topological polar surface area (TPSA) is 75.4 Å². The summed E-state index contributed by atoms with van der Waals surface area (Å²) < 4.78 is 18.8. The molecule has 0 unspecified atom stereocenters. The Labute approximate surface area is 148 Å². The van der Waals surface area contributed by atoms with Gasteiger partial charge in [0.2, 0.25) is 0 Å². The van der Waals surface area contributed by atoms with E-state index in [1.165, 1.54) is 18.2 Å². The highest BCUT2D eigenvalue weighted by molar-refractivity contribution is 6.33. The molecule has 0 aliphatic heterocycles. The molecule has 0 fully saturated rings. The van der Waals surface area contributed by atoms with Crippen molar-refractivity contribution in [3.05, 3.63) is 76.8 Å². The van der Waals surface area contributed by atoms with E-state index in [0.29, 0.717) is 22.0 Å². The van der Waals surface area contributed by atoms with Crippen LogP contribution in [0.2, 0.25) is 5.02 Å². The predicted molar refractivity (Wildman–Crippen MR) is 90.2 cm³/mol. The third-order valence-corrected chi connectivity index (χ3v) is 3.92. The van der Waals surface area contributed by atoms with E-state index in [2.05, 4.69) is 10.5 Å². The first-order chi connectivity index (χ1) is 12.1. The minimum absolute atomic E-state index is 0.00178. The molecule has 0 bridgehead atoms. The molecule has 3 rings (SSSR count). The molecule has 25 heavy (non-hydrogen) atoms. The predicted octanol–water partition coefficient (Wildman–Crippen LogP) is 3.48. The van der Waals surface area contributed by atoms with Gasteiger partial charge in [-0.25, -0.2) is 4.39 Å². The highest BCUT2D eigenvalue weighted by Crippen LogP contribution is 2.27. The van der Waals surface area contributed by atoms with Gasteiger partial charge < -0.3 is 14.9 Å². The number of benzene rings is 2. The molecule has 0 saturated heterocycles. The summed E-state index contributed by atoms with van der Waals surface area (Å²) in [6, 6.07) is 14.3. The Balaban J connectivity index is 1.65. The molecule has 128 valence electrons. The lowest BCUT2D eigenvalue weighted by atomic mass is 10.1. The maximum atomic E-state index is 13.6. The van der Waals surface area contributed by atoms with Gasteiger partial charge in [0.15, 0.2) is 11.9 Å². The second-order valence-corrected chi connectivity index (χ2v) is 5.71. The van der Waals surface area contributed by atoms with Crippen LogP contribution in [0.25, 0.3) is 11.3 Å². The quantitative estimate of drug-likeness (QED) is 0.730. The number of aliphatic hydroxyl groups is 1. The third-order valence-electron chi connectivity index (χ3n) is 3.59. The lowest BCUT2D eigenvalue weighted by Crippen LogP contribution is -2.29. The lowest BCUT2D eigenvalue weighted by Gasteiger charge is -2.11. The van der Waals surface area contributed by atoms with Crippen LogP contribution in [-0.4, -0.2) is 16.2 Å². The molecule has 1 heterocycles. The average molecular weight is 361 g/mol. The van der Waals surface area contributed by atoms with Crippen LogP contribution in [0, 0.1) is 5.82 Å². The number of rotatable bonds is 5. The van der Waals surface area contributed by atoms with Crippen molar-refractivity contribution in [3.8, 4) is 11.3 Å². The van der Waals surface area contributed by atoms with Gasteiger partial charge in [0.05, 0.1) is 11.6 Å².